The van der Waals surface area contributed by atoms with Crippen LogP contribution in [0.5, 0.6) is 0 Å². The molecule has 0 aliphatic carbocycles. The van der Waals surface area contributed by atoms with Crippen molar-refractivity contribution < 1.29 is 0 Å². The SMILES string of the molecule is CN(Cc1nc2ccccc2[nH]c1=O)CC1CCNCC1. The first-order valence-corrected chi connectivity index (χ1v) is 7.59. The highest BCUT2D eigenvalue weighted by atomic mass is 16.1. The maximum Gasteiger partial charge on any atom is 0.271 e. The van der Waals surface area contributed by atoms with Gasteiger partial charge in [0.25, 0.3) is 5.56 Å². The molecule has 1 aliphatic rings. The lowest BCUT2D eigenvalue weighted by Gasteiger charge is -2.27. The molecule has 1 fully saturated rings. The molecule has 2 heterocycles. The Morgan fingerprint density at radius 3 is 2.86 bits per heavy atom. The topological polar surface area (TPSA) is 61.0 Å². The summed E-state index contributed by atoms with van der Waals surface area (Å²) in [7, 11) is 2.07. The summed E-state index contributed by atoms with van der Waals surface area (Å²) < 4.78 is 0. The molecular weight excluding hydrogens is 264 g/mol. The Labute approximate surface area is 124 Å². The van der Waals surface area contributed by atoms with Crippen molar-refractivity contribution in [2.45, 2.75) is 19.4 Å². The van der Waals surface area contributed by atoms with Gasteiger partial charge in [0.1, 0.15) is 5.69 Å². The second kappa shape index (κ2) is 6.37. The molecule has 0 radical (unpaired) electrons. The van der Waals surface area contributed by atoms with Crippen LogP contribution in [0.3, 0.4) is 0 Å². The number of nitrogens with zero attached hydrogens (tertiary/aromatic N) is 2. The fourth-order valence-electron chi connectivity index (χ4n) is 3.00. The van der Waals surface area contributed by atoms with E-state index in [4.69, 9.17) is 0 Å². The van der Waals surface area contributed by atoms with Gasteiger partial charge in [-0.05, 0) is 51.0 Å². The Morgan fingerprint density at radius 2 is 2.05 bits per heavy atom. The summed E-state index contributed by atoms with van der Waals surface area (Å²) in [6, 6.07) is 7.66. The average Bonchev–Trinajstić information content (AvgIpc) is 2.49. The zero-order chi connectivity index (χ0) is 14.7. The minimum Gasteiger partial charge on any atom is -0.319 e. The maximum atomic E-state index is 12.1. The molecule has 1 aromatic heterocycles. The van der Waals surface area contributed by atoms with E-state index < -0.39 is 0 Å². The van der Waals surface area contributed by atoms with Crippen LogP contribution in [0.1, 0.15) is 18.5 Å². The number of H-pyrrole nitrogens is 1. The van der Waals surface area contributed by atoms with E-state index in [0.717, 1.165) is 36.6 Å². The third kappa shape index (κ3) is 3.49. The van der Waals surface area contributed by atoms with E-state index in [-0.39, 0.29) is 5.56 Å². The monoisotopic (exact) mass is 286 g/mol. The number of hydrogen-bond donors (Lipinski definition) is 2. The molecule has 1 saturated heterocycles. The molecule has 0 spiro atoms. The van der Waals surface area contributed by atoms with Crippen LogP contribution in [0, 0.1) is 5.92 Å². The van der Waals surface area contributed by atoms with E-state index in [1.807, 2.05) is 24.3 Å². The molecule has 5 heteroatoms. The van der Waals surface area contributed by atoms with E-state index in [2.05, 4.69) is 27.2 Å². The van der Waals surface area contributed by atoms with Gasteiger partial charge < -0.3 is 15.2 Å². The zero-order valence-corrected chi connectivity index (χ0v) is 12.4. The summed E-state index contributed by atoms with van der Waals surface area (Å²) in [6.45, 7) is 3.83. The predicted octanol–water partition coefficient (Wildman–Crippen LogP) is 1.35. The molecule has 3 rings (SSSR count). The number of aromatic nitrogens is 2. The van der Waals surface area contributed by atoms with Crippen LogP contribution in [-0.4, -0.2) is 41.5 Å². The van der Waals surface area contributed by atoms with Crippen molar-refractivity contribution in [3.63, 3.8) is 0 Å². The van der Waals surface area contributed by atoms with E-state index in [1.165, 1.54) is 12.8 Å². The molecule has 0 amide bonds. The second-order valence-electron chi connectivity index (χ2n) is 5.92. The van der Waals surface area contributed by atoms with Crippen LogP contribution in [0.4, 0.5) is 0 Å². The van der Waals surface area contributed by atoms with Gasteiger partial charge in [-0.3, -0.25) is 4.79 Å². The van der Waals surface area contributed by atoms with Gasteiger partial charge in [-0.1, -0.05) is 12.1 Å². The first-order chi connectivity index (χ1) is 10.2. The molecule has 5 nitrogen and oxygen atoms in total. The normalized spacial score (nSPS) is 16.7. The first kappa shape index (κ1) is 14.2. The molecule has 2 aromatic rings. The standard InChI is InChI=1S/C16H22N4O/c1-20(10-12-6-8-17-9-7-12)11-15-16(21)19-14-5-3-2-4-13(14)18-15/h2-5,12,17H,6-11H2,1H3,(H,19,21). The number of fused-ring (bicyclic) bond motifs is 1. The number of benzene rings is 1. The maximum absolute atomic E-state index is 12.1. The van der Waals surface area contributed by atoms with Gasteiger partial charge in [0.15, 0.2) is 0 Å². The number of piperidine rings is 1. The van der Waals surface area contributed by atoms with E-state index in [1.54, 1.807) is 0 Å². The molecule has 21 heavy (non-hydrogen) atoms. The van der Waals surface area contributed by atoms with Gasteiger partial charge >= 0.3 is 0 Å². The predicted molar refractivity (Wildman–Crippen MR) is 84.3 cm³/mol. The molecule has 1 aliphatic heterocycles. The van der Waals surface area contributed by atoms with Gasteiger partial charge in [0.05, 0.1) is 11.0 Å². The number of para-hydroxylation sites is 2. The molecule has 0 atom stereocenters. The molecule has 2 N–H and O–H groups in total. The molecular formula is C16H22N4O. The largest absolute Gasteiger partial charge is 0.319 e. The van der Waals surface area contributed by atoms with Crippen molar-refractivity contribution in [3.8, 4) is 0 Å². The fraction of sp³-hybridized carbons (Fsp3) is 0.500. The lowest BCUT2D eigenvalue weighted by Crippen LogP contribution is -2.35. The molecule has 0 unspecified atom stereocenters. The number of hydrogen-bond acceptors (Lipinski definition) is 4. The highest BCUT2D eigenvalue weighted by Gasteiger charge is 2.16. The Bertz CT molecular complexity index is 661. The van der Waals surface area contributed by atoms with Crippen molar-refractivity contribution in [2.24, 2.45) is 5.92 Å². The van der Waals surface area contributed by atoms with Crippen molar-refractivity contribution in [1.29, 1.82) is 0 Å². The minimum atomic E-state index is -0.0779. The highest BCUT2D eigenvalue weighted by Crippen LogP contribution is 2.13. The van der Waals surface area contributed by atoms with E-state index in [0.29, 0.717) is 12.2 Å². The minimum absolute atomic E-state index is 0.0779. The Morgan fingerprint density at radius 1 is 1.29 bits per heavy atom. The second-order valence-corrected chi connectivity index (χ2v) is 5.92. The van der Waals surface area contributed by atoms with E-state index >= 15 is 0 Å². The van der Waals surface area contributed by atoms with Crippen molar-refractivity contribution in [2.75, 3.05) is 26.7 Å². The number of nitrogens with one attached hydrogen (secondary N) is 2. The summed E-state index contributed by atoms with van der Waals surface area (Å²) in [5.41, 5.74) is 2.17. The number of aromatic amines is 1. The molecule has 112 valence electrons. The highest BCUT2D eigenvalue weighted by molar-refractivity contribution is 5.73. The van der Waals surface area contributed by atoms with Gasteiger partial charge in [-0.15, -0.1) is 0 Å². The summed E-state index contributed by atoms with van der Waals surface area (Å²) in [4.78, 5) is 21.7. The van der Waals surface area contributed by atoms with Gasteiger partial charge in [-0.2, -0.15) is 0 Å². The van der Waals surface area contributed by atoms with Crippen LogP contribution in [-0.2, 0) is 6.54 Å². The van der Waals surface area contributed by atoms with Crippen LogP contribution < -0.4 is 10.9 Å². The third-order valence-corrected chi connectivity index (χ3v) is 4.12. The summed E-state index contributed by atoms with van der Waals surface area (Å²) in [6.07, 6.45) is 2.43. The van der Waals surface area contributed by atoms with Crippen molar-refractivity contribution >= 4 is 11.0 Å². The number of rotatable bonds is 4. The lowest BCUT2D eigenvalue weighted by atomic mass is 9.98. The molecule has 1 aromatic carbocycles. The smallest absolute Gasteiger partial charge is 0.271 e. The third-order valence-electron chi connectivity index (χ3n) is 4.12. The quantitative estimate of drug-likeness (QED) is 0.891. The summed E-state index contributed by atoms with van der Waals surface area (Å²) >= 11 is 0. The van der Waals surface area contributed by atoms with Crippen molar-refractivity contribution in [3.05, 3.63) is 40.3 Å². The Kier molecular flexibility index (Phi) is 4.31. The van der Waals surface area contributed by atoms with Gasteiger partial charge in [0.2, 0.25) is 0 Å². The van der Waals surface area contributed by atoms with Crippen molar-refractivity contribution in [1.82, 2.24) is 20.2 Å². The van der Waals surface area contributed by atoms with Gasteiger partial charge in [0, 0.05) is 13.1 Å². The Hall–Kier alpha value is -1.72. The van der Waals surface area contributed by atoms with Crippen LogP contribution >= 0.6 is 0 Å². The van der Waals surface area contributed by atoms with E-state index in [9.17, 15) is 4.79 Å². The summed E-state index contributed by atoms with van der Waals surface area (Å²) in [5.74, 6) is 0.718. The van der Waals surface area contributed by atoms with Crippen LogP contribution in [0.2, 0.25) is 0 Å². The first-order valence-electron chi connectivity index (χ1n) is 7.59. The van der Waals surface area contributed by atoms with Crippen LogP contribution in [0.25, 0.3) is 11.0 Å². The zero-order valence-electron chi connectivity index (χ0n) is 12.4. The van der Waals surface area contributed by atoms with Crippen LogP contribution in [0.15, 0.2) is 29.1 Å². The summed E-state index contributed by atoms with van der Waals surface area (Å²) in [5, 5.41) is 3.38. The fourth-order valence-corrected chi connectivity index (χ4v) is 3.00. The molecule has 0 saturated carbocycles. The average molecular weight is 286 g/mol. The lowest BCUT2D eigenvalue weighted by molar-refractivity contribution is 0.232. The molecule has 0 bridgehead atoms. The Balaban J connectivity index is 1.71. The van der Waals surface area contributed by atoms with Gasteiger partial charge in [-0.25, -0.2) is 4.98 Å².